The van der Waals surface area contributed by atoms with Crippen molar-refractivity contribution >= 4 is 10.0 Å². The average Bonchev–Trinajstić information content (AvgIpc) is 3.20. The molecule has 1 aliphatic carbocycles. The number of piperidine rings is 1. The van der Waals surface area contributed by atoms with E-state index in [9.17, 15) is 13.5 Å². The van der Waals surface area contributed by atoms with Gasteiger partial charge in [0, 0.05) is 32.3 Å². The van der Waals surface area contributed by atoms with Crippen molar-refractivity contribution in [1.82, 2.24) is 9.62 Å². The first-order chi connectivity index (χ1) is 9.45. The molecule has 1 atom stereocenters. The summed E-state index contributed by atoms with van der Waals surface area (Å²) in [6, 6.07) is 0.283. The summed E-state index contributed by atoms with van der Waals surface area (Å²) in [4.78, 5) is 0. The van der Waals surface area contributed by atoms with Gasteiger partial charge in [-0.2, -0.15) is 0 Å². The van der Waals surface area contributed by atoms with Crippen molar-refractivity contribution in [3.63, 3.8) is 0 Å². The van der Waals surface area contributed by atoms with Gasteiger partial charge in [-0.15, -0.1) is 0 Å². The fraction of sp³-hybridized carbons (Fsp3) is 1.00. The summed E-state index contributed by atoms with van der Waals surface area (Å²) in [5, 5.41) is 13.1. The highest BCUT2D eigenvalue weighted by Gasteiger charge is 2.25. The number of nitrogens with one attached hydrogen (secondary N) is 1. The summed E-state index contributed by atoms with van der Waals surface area (Å²) in [5.41, 5.74) is 0. The Morgan fingerprint density at radius 1 is 1.30 bits per heavy atom. The van der Waals surface area contributed by atoms with E-state index in [1.807, 2.05) is 0 Å². The van der Waals surface area contributed by atoms with Gasteiger partial charge in [0.25, 0.3) is 0 Å². The van der Waals surface area contributed by atoms with Crippen LogP contribution >= 0.6 is 0 Å². The maximum atomic E-state index is 11.4. The van der Waals surface area contributed by atoms with Gasteiger partial charge < -0.3 is 15.2 Å². The fourth-order valence-corrected chi connectivity index (χ4v) is 3.28. The Labute approximate surface area is 121 Å². The molecule has 1 aliphatic heterocycles. The minimum absolute atomic E-state index is 0.283. The molecule has 20 heavy (non-hydrogen) atoms. The lowest BCUT2D eigenvalue weighted by atomic mass is 10.1. The van der Waals surface area contributed by atoms with E-state index >= 15 is 0 Å². The van der Waals surface area contributed by atoms with Crippen molar-refractivity contribution in [2.45, 2.75) is 37.8 Å². The SMILES string of the molecule is CS(=O)(=O)N1CCC(NCC(O)COCC2CC2)CC1. The van der Waals surface area contributed by atoms with Crippen molar-refractivity contribution in [3.05, 3.63) is 0 Å². The lowest BCUT2D eigenvalue weighted by Crippen LogP contribution is -2.46. The molecule has 7 heteroatoms. The van der Waals surface area contributed by atoms with Crippen molar-refractivity contribution in [3.8, 4) is 0 Å². The number of rotatable bonds is 8. The second-order valence-corrected chi connectivity index (χ2v) is 7.96. The summed E-state index contributed by atoms with van der Waals surface area (Å²) in [6.07, 6.45) is 4.87. The molecule has 0 bridgehead atoms. The highest BCUT2D eigenvalue weighted by atomic mass is 32.2. The highest BCUT2D eigenvalue weighted by Crippen LogP contribution is 2.28. The second-order valence-electron chi connectivity index (χ2n) is 5.98. The first-order valence-corrected chi connectivity index (χ1v) is 9.24. The van der Waals surface area contributed by atoms with Crippen molar-refractivity contribution in [1.29, 1.82) is 0 Å². The summed E-state index contributed by atoms with van der Waals surface area (Å²) in [6.45, 7) is 2.78. The Balaban J connectivity index is 1.55. The molecule has 1 saturated heterocycles. The predicted molar refractivity (Wildman–Crippen MR) is 77.0 cm³/mol. The molecule has 1 unspecified atom stereocenters. The molecule has 0 aromatic carbocycles. The van der Waals surface area contributed by atoms with Crippen LogP contribution in [0.25, 0.3) is 0 Å². The van der Waals surface area contributed by atoms with E-state index in [1.165, 1.54) is 23.4 Å². The van der Waals surface area contributed by atoms with Crippen molar-refractivity contribution in [2.24, 2.45) is 5.92 Å². The average molecular weight is 306 g/mol. The number of sulfonamides is 1. The molecule has 2 fully saturated rings. The third-order valence-corrected chi connectivity index (χ3v) is 5.23. The molecule has 6 nitrogen and oxygen atoms in total. The Morgan fingerprint density at radius 3 is 2.50 bits per heavy atom. The molecule has 2 N–H and O–H groups in total. The minimum Gasteiger partial charge on any atom is -0.389 e. The van der Waals surface area contributed by atoms with Gasteiger partial charge in [-0.05, 0) is 31.6 Å². The number of aliphatic hydroxyl groups is 1. The van der Waals surface area contributed by atoms with E-state index in [1.54, 1.807) is 0 Å². The van der Waals surface area contributed by atoms with Crippen LogP contribution in [0.1, 0.15) is 25.7 Å². The minimum atomic E-state index is -3.06. The van der Waals surface area contributed by atoms with Gasteiger partial charge in [-0.1, -0.05) is 0 Å². The van der Waals surface area contributed by atoms with E-state index in [0.717, 1.165) is 25.4 Å². The molecule has 0 aromatic heterocycles. The molecule has 1 heterocycles. The van der Waals surface area contributed by atoms with Gasteiger partial charge in [0.1, 0.15) is 0 Å². The Kier molecular flexibility index (Phi) is 5.80. The molecular weight excluding hydrogens is 280 g/mol. The van der Waals surface area contributed by atoms with E-state index in [4.69, 9.17) is 4.74 Å². The summed E-state index contributed by atoms with van der Waals surface area (Å²) >= 11 is 0. The monoisotopic (exact) mass is 306 g/mol. The molecule has 0 aromatic rings. The van der Waals surface area contributed by atoms with Gasteiger partial charge in [-0.25, -0.2) is 12.7 Å². The van der Waals surface area contributed by atoms with Crippen LogP contribution < -0.4 is 5.32 Å². The standard InChI is InChI=1S/C13H26N2O4S/c1-20(17,18)15-6-4-12(5-7-15)14-8-13(16)10-19-9-11-2-3-11/h11-14,16H,2-10H2,1H3. The van der Waals surface area contributed by atoms with E-state index in [0.29, 0.717) is 26.2 Å². The lowest BCUT2D eigenvalue weighted by Gasteiger charge is -2.31. The van der Waals surface area contributed by atoms with E-state index in [2.05, 4.69) is 5.32 Å². The molecule has 118 valence electrons. The van der Waals surface area contributed by atoms with Crippen LogP contribution in [0.4, 0.5) is 0 Å². The number of ether oxygens (including phenoxy) is 1. The normalized spacial score (nSPS) is 23.9. The maximum Gasteiger partial charge on any atom is 0.211 e. The molecule has 0 amide bonds. The van der Waals surface area contributed by atoms with Crippen LogP contribution in [0.2, 0.25) is 0 Å². The topological polar surface area (TPSA) is 78.9 Å². The fourth-order valence-electron chi connectivity index (χ4n) is 2.41. The molecule has 0 spiro atoms. The predicted octanol–water partition coefficient (Wildman–Crippen LogP) is -0.212. The third kappa shape index (κ3) is 5.65. The quantitative estimate of drug-likeness (QED) is 0.648. The number of hydrogen-bond acceptors (Lipinski definition) is 5. The van der Waals surface area contributed by atoms with Gasteiger partial charge in [-0.3, -0.25) is 0 Å². The van der Waals surface area contributed by atoms with Crippen molar-refractivity contribution in [2.75, 3.05) is 39.1 Å². The van der Waals surface area contributed by atoms with Crippen LogP contribution in [0.3, 0.4) is 0 Å². The van der Waals surface area contributed by atoms with Crippen LogP contribution in [0, 0.1) is 5.92 Å². The van der Waals surface area contributed by atoms with Gasteiger partial charge in [0.05, 0.1) is 19.0 Å². The van der Waals surface area contributed by atoms with Crippen LogP contribution in [0.15, 0.2) is 0 Å². The smallest absolute Gasteiger partial charge is 0.211 e. The van der Waals surface area contributed by atoms with Gasteiger partial charge >= 0.3 is 0 Å². The number of nitrogens with zero attached hydrogens (tertiary/aromatic N) is 1. The van der Waals surface area contributed by atoms with Crippen LogP contribution in [-0.4, -0.2) is 69.1 Å². The maximum absolute atomic E-state index is 11.4. The largest absolute Gasteiger partial charge is 0.389 e. The summed E-state index contributed by atoms with van der Waals surface area (Å²) < 4.78 is 29.7. The number of hydrogen-bond donors (Lipinski definition) is 2. The Morgan fingerprint density at radius 2 is 1.95 bits per heavy atom. The summed E-state index contributed by atoms with van der Waals surface area (Å²) in [5.74, 6) is 0.718. The molecule has 2 rings (SSSR count). The zero-order valence-electron chi connectivity index (χ0n) is 12.1. The first-order valence-electron chi connectivity index (χ1n) is 7.39. The lowest BCUT2D eigenvalue weighted by molar-refractivity contribution is 0.0304. The molecule has 2 aliphatic rings. The van der Waals surface area contributed by atoms with Crippen molar-refractivity contribution < 1.29 is 18.3 Å². The first kappa shape index (κ1) is 16.2. The zero-order chi connectivity index (χ0) is 14.6. The highest BCUT2D eigenvalue weighted by molar-refractivity contribution is 7.88. The van der Waals surface area contributed by atoms with Crippen LogP contribution in [0.5, 0.6) is 0 Å². The summed E-state index contributed by atoms with van der Waals surface area (Å²) in [7, 11) is -3.06. The Bertz CT molecular complexity index is 389. The molecular formula is C13H26N2O4S. The second kappa shape index (κ2) is 7.17. The molecule has 0 radical (unpaired) electrons. The number of aliphatic hydroxyl groups excluding tert-OH is 1. The van der Waals surface area contributed by atoms with E-state index < -0.39 is 16.1 Å². The third-order valence-electron chi connectivity index (χ3n) is 3.93. The van der Waals surface area contributed by atoms with Gasteiger partial charge in [0.15, 0.2) is 0 Å². The van der Waals surface area contributed by atoms with E-state index in [-0.39, 0.29) is 6.04 Å². The zero-order valence-corrected chi connectivity index (χ0v) is 12.9. The molecule has 1 saturated carbocycles. The van der Waals surface area contributed by atoms with Crippen LogP contribution in [-0.2, 0) is 14.8 Å². The van der Waals surface area contributed by atoms with Gasteiger partial charge in [0.2, 0.25) is 10.0 Å². The Hall–Kier alpha value is -0.210.